The zero-order chi connectivity index (χ0) is 13.9. The number of anilines is 1. The molecule has 0 saturated heterocycles. The van der Waals surface area contributed by atoms with Crippen LogP contribution in [0.3, 0.4) is 0 Å². The van der Waals surface area contributed by atoms with Gasteiger partial charge in [0.05, 0.1) is 11.7 Å². The number of nitrogens with one attached hydrogen (secondary N) is 1. The van der Waals surface area contributed by atoms with E-state index in [0.29, 0.717) is 12.5 Å². The maximum absolute atomic E-state index is 5.85. The summed E-state index contributed by atoms with van der Waals surface area (Å²) in [4.78, 5) is 12.1. The van der Waals surface area contributed by atoms with E-state index in [0.717, 1.165) is 12.8 Å². The molecule has 1 aromatic heterocycles. The fourth-order valence-corrected chi connectivity index (χ4v) is 2.09. The van der Waals surface area contributed by atoms with Crippen LogP contribution in [0.1, 0.15) is 33.1 Å². The predicted octanol–water partition coefficient (Wildman–Crippen LogP) is 2.29. The fourth-order valence-electron chi connectivity index (χ4n) is 1.94. The molecule has 7 heteroatoms. The predicted molar refractivity (Wildman–Crippen MR) is 72.7 cm³/mol. The van der Waals surface area contributed by atoms with Crippen molar-refractivity contribution < 1.29 is 9.47 Å². The highest BCUT2D eigenvalue weighted by molar-refractivity contribution is 6.28. The molecule has 1 heterocycles. The summed E-state index contributed by atoms with van der Waals surface area (Å²) in [5.41, 5.74) is -0.0990. The van der Waals surface area contributed by atoms with Gasteiger partial charge in [-0.2, -0.15) is 15.0 Å². The third-order valence-corrected chi connectivity index (χ3v) is 3.36. The van der Waals surface area contributed by atoms with Gasteiger partial charge in [0.15, 0.2) is 0 Å². The lowest BCUT2D eigenvalue weighted by atomic mass is 9.80. The quantitative estimate of drug-likeness (QED) is 0.865. The lowest BCUT2D eigenvalue weighted by Gasteiger charge is -2.40. The van der Waals surface area contributed by atoms with Crippen LogP contribution < -0.4 is 10.1 Å². The third-order valence-electron chi connectivity index (χ3n) is 3.20. The molecule has 0 unspecified atom stereocenters. The van der Waals surface area contributed by atoms with E-state index in [-0.39, 0.29) is 23.0 Å². The molecule has 1 N–H and O–H groups in total. The summed E-state index contributed by atoms with van der Waals surface area (Å²) in [6.45, 7) is 4.46. The van der Waals surface area contributed by atoms with Crippen molar-refractivity contribution in [3.05, 3.63) is 5.28 Å². The fraction of sp³-hybridized carbons (Fsp3) is 0.750. The van der Waals surface area contributed by atoms with E-state index < -0.39 is 0 Å². The Labute approximate surface area is 117 Å². The molecule has 6 nitrogen and oxygen atoms in total. The number of hydrogen-bond acceptors (Lipinski definition) is 6. The van der Waals surface area contributed by atoms with Crippen LogP contribution in [0.4, 0.5) is 5.95 Å². The van der Waals surface area contributed by atoms with Crippen molar-refractivity contribution in [2.75, 3.05) is 19.0 Å². The van der Waals surface area contributed by atoms with Gasteiger partial charge in [-0.05, 0) is 44.7 Å². The number of aromatic nitrogens is 3. The summed E-state index contributed by atoms with van der Waals surface area (Å²) in [5, 5.41) is 3.26. The number of nitrogens with zero attached hydrogens (tertiary/aromatic N) is 3. The van der Waals surface area contributed by atoms with Crippen LogP contribution in [-0.4, -0.2) is 40.3 Å². The Bertz CT molecular complexity index is 432. The van der Waals surface area contributed by atoms with Crippen molar-refractivity contribution in [3.63, 3.8) is 0 Å². The van der Waals surface area contributed by atoms with Crippen LogP contribution in [0.2, 0.25) is 5.28 Å². The van der Waals surface area contributed by atoms with Crippen molar-refractivity contribution in [2.24, 2.45) is 0 Å². The molecule has 106 valence electrons. The first-order chi connectivity index (χ1) is 9.03. The molecule has 1 fully saturated rings. The van der Waals surface area contributed by atoms with Crippen LogP contribution >= 0.6 is 11.6 Å². The number of methoxy groups -OCH3 is 1. The Morgan fingerprint density at radius 3 is 2.58 bits per heavy atom. The average Bonchev–Trinajstić information content (AvgIpc) is 2.26. The van der Waals surface area contributed by atoms with Crippen molar-refractivity contribution in [2.45, 2.75) is 44.8 Å². The van der Waals surface area contributed by atoms with Crippen LogP contribution in [-0.2, 0) is 4.74 Å². The molecule has 0 spiro atoms. The van der Waals surface area contributed by atoms with E-state index in [9.17, 15) is 0 Å². The lowest BCUT2D eigenvalue weighted by molar-refractivity contribution is -0.0602. The molecular weight excluding hydrogens is 268 g/mol. The maximum atomic E-state index is 5.85. The van der Waals surface area contributed by atoms with Crippen molar-refractivity contribution in [1.29, 1.82) is 0 Å². The third kappa shape index (κ3) is 3.67. The summed E-state index contributed by atoms with van der Waals surface area (Å²) in [7, 11) is 1.73. The summed E-state index contributed by atoms with van der Waals surface area (Å²) in [5.74, 6) is 0.416. The van der Waals surface area contributed by atoms with E-state index >= 15 is 0 Å². The first-order valence-corrected chi connectivity index (χ1v) is 6.78. The van der Waals surface area contributed by atoms with Crippen LogP contribution in [0, 0.1) is 0 Å². The maximum Gasteiger partial charge on any atom is 0.322 e. The summed E-state index contributed by atoms with van der Waals surface area (Å²) < 4.78 is 10.9. The second kappa shape index (κ2) is 5.88. The molecule has 2 rings (SSSR count). The van der Waals surface area contributed by atoms with Crippen LogP contribution in [0.15, 0.2) is 0 Å². The summed E-state index contributed by atoms with van der Waals surface area (Å²) >= 11 is 5.85. The van der Waals surface area contributed by atoms with Gasteiger partial charge in [-0.1, -0.05) is 0 Å². The normalized spacial score (nSPS) is 17.1. The first kappa shape index (κ1) is 14.3. The molecule has 0 atom stereocenters. The number of ether oxygens (including phenoxy) is 2. The van der Waals surface area contributed by atoms with Crippen molar-refractivity contribution >= 4 is 17.5 Å². The average molecular weight is 287 g/mol. The highest BCUT2D eigenvalue weighted by atomic mass is 35.5. The molecule has 1 aromatic rings. The van der Waals surface area contributed by atoms with Gasteiger partial charge in [0.25, 0.3) is 0 Å². The minimum atomic E-state index is -0.0990. The molecule has 0 bridgehead atoms. The standard InChI is InChI=1S/C12H19ClN4O2/c1-8(2)19-11-16-9(13)15-10(17-11)14-7-12(18-3)5-4-6-12/h8H,4-7H2,1-3H3,(H,14,15,16,17). The smallest absolute Gasteiger partial charge is 0.322 e. The van der Waals surface area contributed by atoms with Gasteiger partial charge in [-0.3, -0.25) is 0 Å². The van der Waals surface area contributed by atoms with Gasteiger partial charge >= 0.3 is 6.01 Å². The summed E-state index contributed by atoms with van der Waals surface area (Å²) in [6, 6.07) is 0.234. The van der Waals surface area contributed by atoms with E-state index in [1.54, 1.807) is 7.11 Å². The van der Waals surface area contributed by atoms with E-state index in [1.165, 1.54) is 6.42 Å². The largest absolute Gasteiger partial charge is 0.461 e. The van der Waals surface area contributed by atoms with Crippen molar-refractivity contribution in [3.8, 4) is 6.01 Å². The number of halogens is 1. The van der Waals surface area contributed by atoms with Gasteiger partial charge in [-0.15, -0.1) is 0 Å². The Morgan fingerprint density at radius 1 is 1.32 bits per heavy atom. The molecule has 19 heavy (non-hydrogen) atoms. The van der Waals surface area contributed by atoms with E-state index in [1.807, 2.05) is 13.8 Å². The zero-order valence-electron chi connectivity index (χ0n) is 11.4. The topological polar surface area (TPSA) is 69.2 Å². The Kier molecular flexibility index (Phi) is 4.42. The molecule has 1 aliphatic rings. The SMILES string of the molecule is COC1(CNc2nc(Cl)nc(OC(C)C)n2)CCC1. The van der Waals surface area contributed by atoms with Gasteiger partial charge in [0.2, 0.25) is 11.2 Å². The van der Waals surface area contributed by atoms with E-state index in [2.05, 4.69) is 20.3 Å². The molecule has 0 amide bonds. The lowest BCUT2D eigenvalue weighted by Crippen LogP contribution is -2.45. The first-order valence-electron chi connectivity index (χ1n) is 6.40. The van der Waals surface area contributed by atoms with Crippen LogP contribution in [0.25, 0.3) is 0 Å². The molecule has 1 saturated carbocycles. The van der Waals surface area contributed by atoms with Gasteiger partial charge in [-0.25, -0.2) is 0 Å². The highest BCUT2D eigenvalue weighted by Gasteiger charge is 2.36. The van der Waals surface area contributed by atoms with Crippen LogP contribution in [0.5, 0.6) is 6.01 Å². The van der Waals surface area contributed by atoms with Gasteiger partial charge < -0.3 is 14.8 Å². The Balaban J connectivity index is 2.01. The van der Waals surface area contributed by atoms with Gasteiger partial charge in [0, 0.05) is 13.7 Å². The summed E-state index contributed by atoms with van der Waals surface area (Å²) in [6.07, 6.45) is 3.27. The minimum absolute atomic E-state index is 0.0109. The number of hydrogen-bond donors (Lipinski definition) is 1. The number of rotatable bonds is 6. The second-order valence-electron chi connectivity index (χ2n) is 4.97. The molecule has 0 aliphatic heterocycles. The molecular formula is C12H19ClN4O2. The van der Waals surface area contributed by atoms with Gasteiger partial charge in [0.1, 0.15) is 0 Å². The zero-order valence-corrected chi connectivity index (χ0v) is 12.2. The molecule has 1 aliphatic carbocycles. The highest BCUT2D eigenvalue weighted by Crippen LogP contribution is 2.34. The Morgan fingerprint density at radius 2 is 2.05 bits per heavy atom. The molecule has 0 radical (unpaired) electrons. The van der Waals surface area contributed by atoms with E-state index in [4.69, 9.17) is 21.1 Å². The van der Waals surface area contributed by atoms with Crippen molar-refractivity contribution in [1.82, 2.24) is 15.0 Å². The second-order valence-corrected chi connectivity index (χ2v) is 5.31. The minimum Gasteiger partial charge on any atom is -0.461 e. The monoisotopic (exact) mass is 286 g/mol. The molecule has 0 aromatic carbocycles. The Hall–Kier alpha value is -1.14.